The zero-order valence-corrected chi connectivity index (χ0v) is 11.1. The van der Waals surface area contributed by atoms with Gasteiger partial charge in [-0.1, -0.05) is 6.92 Å². The third kappa shape index (κ3) is 1.93. The smallest absolute Gasteiger partial charge is 0.332 e. The number of hydrogen-bond acceptors (Lipinski definition) is 5. The number of fused-ring (bicyclic) bond motifs is 1. The van der Waals surface area contributed by atoms with Gasteiger partial charge in [0.05, 0.1) is 6.61 Å². The van der Waals surface area contributed by atoms with Crippen molar-refractivity contribution in [2.24, 2.45) is 14.1 Å². The molecule has 0 unspecified atom stereocenters. The van der Waals surface area contributed by atoms with E-state index in [1.807, 2.05) is 6.92 Å². The lowest BCUT2D eigenvalue weighted by atomic mass is 10.5. The highest BCUT2D eigenvalue weighted by atomic mass is 16.7. The maximum Gasteiger partial charge on any atom is 0.332 e. The molecule has 0 aliphatic carbocycles. The second-order valence-electron chi connectivity index (χ2n) is 4.11. The molecule has 104 valence electrons. The van der Waals surface area contributed by atoms with Gasteiger partial charge >= 0.3 is 5.69 Å². The summed E-state index contributed by atoms with van der Waals surface area (Å²) in [6, 6.07) is 0. The van der Waals surface area contributed by atoms with Gasteiger partial charge in [0.25, 0.3) is 5.56 Å². The summed E-state index contributed by atoms with van der Waals surface area (Å²) in [4.78, 5) is 33.6. The highest BCUT2D eigenvalue weighted by Gasteiger charge is 2.19. The van der Waals surface area contributed by atoms with Crippen LogP contribution in [0.25, 0.3) is 11.2 Å². The SMILES string of the molecule is CCc1nc2c(c(=O)n(C)c(=O)n2C)n1OCCO. The minimum absolute atomic E-state index is 0.0461. The molecule has 0 aliphatic rings. The number of aliphatic hydroxyl groups excluding tert-OH is 1. The fourth-order valence-corrected chi connectivity index (χ4v) is 1.91. The first-order valence-electron chi connectivity index (χ1n) is 5.94. The highest BCUT2D eigenvalue weighted by Crippen LogP contribution is 2.09. The van der Waals surface area contributed by atoms with Crippen LogP contribution in [0.1, 0.15) is 12.7 Å². The van der Waals surface area contributed by atoms with E-state index in [2.05, 4.69) is 4.98 Å². The zero-order valence-electron chi connectivity index (χ0n) is 11.1. The van der Waals surface area contributed by atoms with Gasteiger partial charge in [0.15, 0.2) is 11.2 Å². The fraction of sp³-hybridized carbons (Fsp3) is 0.545. The second-order valence-corrected chi connectivity index (χ2v) is 4.11. The molecule has 0 aliphatic heterocycles. The second kappa shape index (κ2) is 4.88. The molecule has 2 rings (SSSR count). The monoisotopic (exact) mass is 268 g/mol. The Balaban J connectivity index is 2.87. The predicted molar refractivity (Wildman–Crippen MR) is 68.1 cm³/mol. The molecule has 0 aromatic carbocycles. The number of aliphatic hydroxyl groups is 1. The summed E-state index contributed by atoms with van der Waals surface area (Å²) in [6.07, 6.45) is 0.539. The molecule has 8 nitrogen and oxygen atoms in total. The van der Waals surface area contributed by atoms with Crippen LogP contribution in [0.4, 0.5) is 0 Å². The summed E-state index contributed by atoms with van der Waals surface area (Å²) in [7, 11) is 2.95. The normalized spacial score (nSPS) is 11.2. The van der Waals surface area contributed by atoms with E-state index in [1.165, 1.54) is 16.3 Å². The summed E-state index contributed by atoms with van der Waals surface area (Å²) in [5.41, 5.74) is -0.423. The van der Waals surface area contributed by atoms with Gasteiger partial charge in [-0.2, -0.15) is 4.73 Å². The molecule has 0 saturated carbocycles. The van der Waals surface area contributed by atoms with Gasteiger partial charge < -0.3 is 9.94 Å². The van der Waals surface area contributed by atoms with Crippen LogP contribution in [0.5, 0.6) is 0 Å². The summed E-state index contributed by atoms with van der Waals surface area (Å²) >= 11 is 0. The topological polar surface area (TPSA) is 91.3 Å². The van der Waals surface area contributed by atoms with Crippen LogP contribution < -0.4 is 16.1 Å². The van der Waals surface area contributed by atoms with Crippen molar-refractivity contribution < 1.29 is 9.94 Å². The van der Waals surface area contributed by atoms with Crippen LogP contribution in [0.15, 0.2) is 9.59 Å². The van der Waals surface area contributed by atoms with Crippen LogP contribution >= 0.6 is 0 Å². The third-order valence-electron chi connectivity index (χ3n) is 2.91. The van der Waals surface area contributed by atoms with Crippen LogP contribution in [0.2, 0.25) is 0 Å². The number of nitrogens with zero attached hydrogens (tertiary/aromatic N) is 4. The van der Waals surface area contributed by atoms with Gasteiger partial charge in [-0.3, -0.25) is 13.9 Å². The molecular weight excluding hydrogens is 252 g/mol. The van der Waals surface area contributed by atoms with E-state index < -0.39 is 11.2 Å². The fourth-order valence-electron chi connectivity index (χ4n) is 1.91. The van der Waals surface area contributed by atoms with Crippen molar-refractivity contribution in [3.05, 3.63) is 26.7 Å². The molecule has 0 fully saturated rings. The molecule has 2 heterocycles. The van der Waals surface area contributed by atoms with E-state index in [-0.39, 0.29) is 24.4 Å². The minimum Gasteiger partial charge on any atom is -0.409 e. The molecular formula is C11H16N4O4. The van der Waals surface area contributed by atoms with Crippen molar-refractivity contribution in [3.8, 4) is 0 Å². The van der Waals surface area contributed by atoms with Crippen LogP contribution in [-0.2, 0) is 20.5 Å². The van der Waals surface area contributed by atoms with Crippen molar-refractivity contribution in [2.45, 2.75) is 13.3 Å². The summed E-state index contributed by atoms with van der Waals surface area (Å²) in [5, 5.41) is 8.83. The molecule has 0 amide bonds. The van der Waals surface area contributed by atoms with Crippen LogP contribution in [-0.4, -0.2) is 37.2 Å². The Morgan fingerprint density at radius 2 is 1.95 bits per heavy atom. The molecule has 0 radical (unpaired) electrons. The Morgan fingerprint density at radius 1 is 1.26 bits per heavy atom. The molecule has 1 N–H and O–H groups in total. The number of imidazole rings is 1. The van der Waals surface area contributed by atoms with E-state index in [4.69, 9.17) is 9.94 Å². The summed E-state index contributed by atoms with van der Waals surface area (Å²) in [5.74, 6) is 0.529. The van der Waals surface area contributed by atoms with Gasteiger partial charge in [0.2, 0.25) is 0 Å². The molecule has 2 aromatic rings. The first-order valence-corrected chi connectivity index (χ1v) is 5.94. The number of rotatable bonds is 4. The van der Waals surface area contributed by atoms with Gasteiger partial charge in [-0.25, -0.2) is 9.78 Å². The van der Waals surface area contributed by atoms with Crippen LogP contribution in [0, 0.1) is 0 Å². The van der Waals surface area contributed by atoms with Gasteiger partial charge in [0, 0.05) is 20.5 Å². The predicted octanol–water partition coefficient (Wildman–Crippen LogP) is -1.58. The van der Waals surface area contributed by atoms with Gasteiger partial charge in [0.1, 0.15) is 12.4 Å². The number of hydrogen-bond donors (Lipinski definition) is 1. The molecule has 8 heteroatoms. The summed E-state index contributed by atoms with van der Waals surface area (Å²) in [6.45, 7) is 1.74. The molecule has 0 atom stereocenters. The Morgan fingerprint density at radius 3 is 2.53 bits per heavy atom. The standard InChI is InChI=1S/C11H16N4O4/c1-4-7-12-9-8(15(7)19-6-5-16)10(17)14(3)11(18)13(9)2/h16H,4-6H2,1-3H3. The van der Waals surface area contributed by atoms with Crippen molar-refractivity contribution in [1.29, 1.82) is 0 Å². The average Bonchev–Trinajstić information content (AvgIpc) is 2.79. The molecule has 0 spiro atoms. The van der Waals surface area contributed by atoms with Crippen molar-refractivity contribution >= 4 is 11.2 Å². The number of aromatic nitrogens is 4. The first-order chi connectivity index (χ1) is 9.02. The van der Waals surface area contributed by atoms with Crippen molar-refractivity contribution in [1.82, 2.24) is 18.8 Å². The lowest BCUT2D eigenvalue weighted by molar-refractivity contribution is 0.0770. The Bertz CT molecular complexity index is 725. The highest BCUT2D eigenvalue weighted by molar-refractivity contribution is 5.70. The third-order valence-corrected chi connectivity index (χ3v) is 2.91. The molecule has 19 heavy (non-hydrogen) atoms. The maximum atomic E-state index is 12.2. The van der Waals surface area contributed by atoms with E-state index in [9.17, 15) is 9.59 Å². The Kier molecular flexibility index (Phi) is 3.43. The van der Waals surface area contributed by atoms with Crippen molar-refractivity contribution in [3.63, 3.8) is 0 Å². The summed E-state index contributed by atoms with van der Waals surface area (Å²) < 4.78 is 3.60. The maximum absolute atomic E-state index is 12.2. The van der Waals surface area contributed by atoms with Crippen molar-refractivity contribution in [2.75, 3.05) is 13.2 Å². The average molecular weight is 268 g/mol. The van der Waals surface area contributed by atoms with Gasteiger partial charge in [-0.05, 0) is 0 Å². The van der Waals surface area contributed by atoms with Crippen LogP contribution in [0.3, 0.4) is 0 Å². The quantitative estimate of drug-likeness (QED) is 0.722. The molecule has 2 aromatic heterocycles. The first kappa shape index (κ1) is 13.3. The minimum atomic E-state index is -0.469. The molecule has 0 bridgehead atoms. The number of aryl methyl sites for hydroxylation is 2. The Hall–Kier alpha value is -2.09. The molecule has 0 saturated heterocycles. The lowest BCUT2D eigenvalue weighted by Crippen LogP contribution is -2.38. The van der Waals surface area contributed by atoms with E-state index >= 15 is 0 Å². The lowest BCUT2D eigenvalue weighted by Gasteiger charge is -2.09. The van der Waals surface area contributed by atoms with E-state index in [0.717, 1.165) is 4.57 Å². The van der Waals surface area contributed by atoms with E-state index in [0.29, 0.717) is 12.2 Å². The Labute approximate surface area is 108 Å². The van der Waals surface area contributed by atoms with E-state index in [1.54, 1.807) is 7.05 Å². The largest absolute Gasteiger partial charge is 0.409 e. The zero-order chi connectivity index (χ0) is 14.2. The van der Waals surface area contributed by atoms with Gasteiger partial charge in [-0.15, -0.1) is 0 Å².